The van der Waals surface area contributed by atoms with Gasteiger partial charge in [0.1, 0.15) is 5.82 Å². The van der Waals surface area contributed by atoms with E-state index in [1.54, 1.807) is 6.07 Å². The van der Waals surface area contributed by atoms with Gasteiger partial charge in [-0.15, -0.1) is 0 Å². The summed E-state index contributed by atoms with van der Waals surface area (Å²) < 4.78 is 13.8. The van der Waals surface area contributed by atoms with E-state index in [2.05, 4.69) is 11.8 Å². The van der Waals surface area contributed by atoms with E-state index >= 15 is 0 Å². The molecule has 0 aliphatic heterocycles. The quantitative estimate of drug-likeness (QED) is 0.851. The first-order valence-electron chi connectivity index (χ1n) is 6.40. The molecule has 1 aromatic rings. The van der Waals surface area contributed by atoms with Crippen LogP contribution in [0.1, 0.15) is 26.2 Å². The van der Waals surface area contributed by atoms with Crippen LogP contribution in [0.15, 0.2) is 24.3 Å². The minimum Gasteiger partial charge on any atom is -0.369 e. The van der Waals surface area contributed by atoms with Crippen LogP contribution in [-0.4, -0.2) is 19.6 Å². The van der Waals surface area contributed by atoms with Crippen LogP contribution in [0, 0.1) is 11.2 Å². The number of nitrogens with two attached hydrogens (primary N) is 1. The first kappa shape index (κ1) is 12.4. The van der Waals surface area contributed by atoms with E-state index in [9.17, 15) is 4.39 Å². The summed E-state index contributed by atoms with van der Waals surface area (Å²) in [4.78, 5) is 2.11. The lowest BCUT2D eigenvalue weighted by molar-refractivity contribution is 0.152. The maximum Gasteiger partial charge on any atom is 0.146 e. The van der Waals surface area contributed by atoms with Crippen LogP contribution in [0.4, 0.5) is 10.1 Å². The smallest absolute Gasteiger partial charge is 0.146 e. The fraction of sp³-hybridized carbons (Fsp3) is 0.571. The maximum absolute atomic E-state index is 13.8. The molecule has 0 saturated heterocycles. The first-order valence-corrected chi connectivity index (χ1v) is 6.40. The van der Waals surface area contributed by atoms with E-state index in [1.807, 2.05) is 12.1 Å². The van der Waals surface area contributed by atoms with Crippen molar-refractivity contribution in [2.24, 2.45) is 11.1 Å². The van der Waals surface area contributed by atoms with Crippen LogP contribution in [0.25, 0.3) is 0 Å². The Hall–Kier alpha value is -1.09. The van der Waals surface area contributed by atoms with E-state index in [4.69, 9.17) is 5.73 Å². The first-order chi connectivity index (χ1) is 8.21. The number of hydrogen-bond donors (Lipinski definition) is 1. The van der Waals surface area contributed by atoms with Gasteiger partial charge in [-0.1, -0.05) is 18.6 Å². The van der Waals surface area contributed by atoms with Gasteiger partial charge in [-0.05, 0) is 38.4 Å². The Balaban J connectivity index is 2.14. The molecule has 0 radical (unpaired) electrons. The Bertz CT molecular complexity index is 369. The van der Waals surface area contributed by atoms with Crippen molar-refractivity contribution >= 4 is 5.69 Å². The van der Waals surface area contributed by atoms with Gasteiger partial charge in [-0.2, -0.15) is 0 Å². The SMILES string of the molecule is CCN(CC1(CN)CCC1)c1ccccc1F. The molecule has 1 aliphatic carbocycles. The third-order valence-electron chi connectivity index (χ3n) is 3.95. The molecule has 3 heteroatoms. The molecule has 1 aromatic carbocycles. The molecule has 0 bridgehead atoms. The third kappa shape index (κ3) is 2.44. The Morgan fingerprint density at radius 1 is 1.35 bits per heavy atom. The number of para-hydroxylation sites is 1. The Labute approximate surface area is 103 Å². The molecule has 2 N–H and O–H groups in total. The topological polar surface area (TPSA) is 29.3 Å². The zero-order valence-corrected chi connectivity index (χ0v) is 10.5. The molecule has 1 fully saturated rings. The second-order valence-corrected chi connectivity index (χ2v) is 5.02. The Kier molecular flexibility index (Phi) is 3.67. The number of nitrogens with zero attached hydrogens (tertiary/aromatic N) is 1. The van der Waals surface area contributed by atoms with Crippen LogP contribution < -0.4 is 10.6 Å². The summed E-state index contributed by atoms with van der Waals surface area (Å²) in [7, 11) is 0. The highest BCUT2D eigenvalue weighted by molar-refractivity contribution is 5.47. The monoisotopic (exact) mass is 236 g/mol. The summed E-state index contributed by atoms with van der Waals surface area (Å²) in [5, 5.41) is 0. The van der Waals surface area contributed by atoms with Gasteiger partial charge in [-0.25, -0.2) is 4.39 Å². The van der Waals surface area contributed by atoms with Crippen LogP contribution in [0.3, 0.4) is 0 Å². The van der Waals surface area contributed by atoms with Crippen molar-refractivity contribution in [2.45, 2.75) is 26.2 Å². The summed E-state index contributed by atoms with van der Waals surface area (Å²) in [6.07, 6.45) is 3.61. The van der Waals surface area contributed by atoms with E-state index in [0.717, 1.165) is 13.1 Å². The molecule has 0 aromatic heterocycles. The molecule has 0 amide bonds. The lowest BCUT2D eigenvalue weighted by atomic mass is 9.68. The van der Waals surface area contributed by atoms with Crippen molar-refractivity contribution in [2.75, 3.05) is 24.5 Å². The summed E-state index contributed by atoms with van der Waals surface area (Å²) in [5.74, 6) is -0.138. The number of anilines is 1. The third-order valence-corrected chi connectivity index (χ3v) is 3.95. The van der Waals surface area contributed by atoms with E-state index in [1.165, 1.54) is 25.3 Å². The van der Waals surface area contributed by atoms with Crippen LogP contribution in [0.2, 0.25) is 0 Å². The van der Waals surface area contributed by atoms with E-state index < -0.39 is 0 Å². The summed E-state index contributed by atoms with van der Waals surface area (Å²) in [6, 6.07) is 6.99. The summed E-state index contributed by atoms with van der Waals surface area (Å²) in [5.41, 5.74) is 6.79. The van der Waals surface area contributed by atoms with Gasteiger partial charge < -0.3 is 10.6 Å². The summed E-state index contributed by atoms with van der Waals surface area (Å²) in [6.45, 7) is 4.47. The molecule has 0 unspecified atom stereocenters. The molecule has 0 heterocycles. The van der Waals surface area contributed by atoms with Gasteiger partial charge in [0.2, 0.25) is 0 Å². The van der Waals surface area contributed by atoms with Crippen molar-refractivity contribution in [1.29, 1.82) is 0 Å². The van der Waals surface area contributed by atoms with Gasteiger partial charge in [0, 0.05) is 18.5 Å². The second kappa shape index (κ2) is 5.05. The fourth-order valence-corrected chi connectivity index (χ4v) is 2.58. The molecule has 17 heavy (non-hydrogen) atoms. The molecule has 2 nitrogen and oxygen atoms in total. The molecular weight excluding hydrogens is 215 g/mol. The van der Waals surface area contributed by atoms with Gasteiger partial charge in [0.05, 0.1) is 5.69 Å². The largest absolute Gasteiger partial charge is 0.369 e. The highest BCUT2D eigenvalue weighted by Gasteiger charge is 2.37. The minimum absolute atomic E-state index is 0.138. The van der Waals surface area contributed by atoms with Gasteiger partial charge in [0.25, 0.3) is 0 Å². The molecule has 0 spiro atoms. The standard InChI is InChI=1S/C14H21FN2/c1-2-17(11-14(10-16)8-5-9-14)13-7-4-3-6-12(13)15/h3-4,6-7H,2,5,8-11,16H2,1H3. The van der Waals surface area contributed by atoms with Crippen LogP contribution in [0.5, 0.6) is 0 Å². The number of hydrogen-bond acceptors (Lipinski definition) is 2. The number of halogens is 1. The average molecular weight is 236 g/mol. The molecule has 94 valence electrons. The Morgan fingerprint density at radius 3 is 2.53 bits per heavy atom. The molecule has 1 saturated carbocycles. The predicted octanol–water partition coefficient (Wildman–Crippen LogP) is 2.78. The van der Waals surface area contributed by atoms with Gasteiger partial charge in [-0.3, -0.25) is 0 Å². The Morgan fingerprint density at radius 2 is 2.06 bits per heavy atom. The summed E-state index contributed by atoms with van der Waals surface area (Å²) >= 11 is 0. The molecular formula is C14H21FN2. The van der Waals surface area contributed by atoms with Crippen molar-refractivity contribution in [3.8, 4) is 0 Å². The normalized spacial score (nSPS) is 17.6. The van der Waals surface area contributed by atoms with Crippen molar-refractivity contribution in [1.82, 2.24) is 0 Å². The van der Waals surface area contributed by atoms with E-state index in [0.29, 0.717) is 12.2 Å². The lowest BCUT2D eigenvalue weighted by Gasteiger charge is -2.44. The highest BCUT2D eigenvalue weighted by Crippen LogP contribution is 2.41. The average Bonchev–Trinajstić information content (AvgIpc) is 2.30. The van der Waals surface area contributed by atoms with Crippen LogP contribution in [-0.2, 0) is 0 Å². The zero-order chi connectivity index (χ0) is 12.3. The van der Waals surface area contributed by atoms with Crippen molar-refractivity contribution in [3.05, 3.63) is 30.1 Å². The van der Waals surface area contributed by atoms with E-state index in [-0.39, 0.29) is 11.2 Å². The minimum atomic E-state index is -0.138. The highest BCUT2D eigenvalue weighted by atomic mass is 19.1. The lowest BCUT2D eigenvalue weighted by Crippen LogP contribution is -2.47. The molecule has 2 rings (SSSR count). The van der Waals surface area contributed by atoms with Crippen molar-refractivity contribution < 1.29 is 4.39 Å². The van der Waals surface area contributed by atoms with Gasteiger partial charge >= 0.3 is 0 Å². The van der Waals surface area contributed by atoms with Crippen molar-refractivity contribution in [3.63, 3.8) is 0 Å². The zero-order valence-electron chi connectivity index (χ0n) is 10.5. The van der Waals surface area contributed by atoms with Crippen LogP contribution >= 0.6 is 0 Å². The number of rotatable bonds is 5. The molecule has 1 aliphatic rings. The fourth-order valence-electron chi connectivity index (χ4n) is 2.58. The number of benzene rings is 1. The second-order valence-electron chi connectivity index (χ2n) is 5.02. The maximum atomic E-state index is 13.8. The van der Waals surface area contributed by atoms with Gasteiger partial charge in [0.15, 0.2) is 0 Å². The molecule has 0 atom stereocenters. The predicted molar refractivity (Wildman–Crippen MR) is 69.6 cm³/mol.